The van der Waals surface area contributed by atoms with E-state index in [2.05, 4.69) is 109 Å². The van der Waals surface area contributed by atoms with Crippen LogP contribution in [0.2, 0.25) is 0 Å². The maximum atomic E-state index is 2.47. The summed E-state index contributed by atoms with van der Waals surface area (Å²) in [5.74, 6) is 0. The third-order valence-corrected chi connectivity index (χ3v) is 11.8. The predicted molar refractivity (Wildman–Crippen MR) is 189 cm³/mol. The number of hydrogen-bond donors (Lipinski definition) is 0. The van der Waals surface area contributed by atoms with Crippen molar-refractivity contribution in [1.29, 1.82) is 0 Å². The zero-order valence-electron chi connectivity index (χ0n) is 24.8. The Labute approximate surface area is 262 Å². The van der Waals surface area contributed by atoms with E-state index in [0.29, 0.717) is 0 Å². The Balaban J connectivity index is 1.10. The third-order valence-electron chi connectivity index (χ3n) is 10.6. The van der Waals surface area contributed by atoms with Crippen LogP contribution in [-0.2, 0) is 25.7 Å². The number of benzene rings is 5. The first-order valence-electron chi connectivity index (χ1n) is 16.2. The zero-order valence-corrected chi connectivity index (χ0v) is 25.6. The summed E-state index contributed by atoms with van der Waals surface area (Å²) in [5.41, 5.74) is 18.7. The van der Waals surface area contributed by atoms with Crippen LogP contribution in [0.3, 0.4) is 0 Å². The van der Waals surface area contributed by atoms with Crippen molar-refractivity contribution in [1.82, 2.24) is 0 Å². The monoisotopic (exact) mass is 580 g/mol. The van der Waals surface area contributed by atoms with Crippen LogP contribution in [0.25, 0.3) is 66.4 Å². The van der Waals surface area contributed by atoms with E-state index in [9.17, 15) is 0 Å². The molecule has 1 fully saturated rings. The molecule has 0 aliphatic heterocycles. The van der Waals surface area contributed by atoms with Crippen LogP contribution in [-0.4, -0.2) is 0 Å². The average molecular weight is 581 g/mol. The van der Waals surface area contributed by atoms with Crippen LogP contribution < -0.4 is 0 Å². The van der Waals surface area contributed by atoms with Gasteiger partial charge < -0.3 is 0 Å². The van der Waals surface area contributed by atoms with Crippen LogP contribution in [0.5, 0.6) is 0 Å². The number of hydrogen-bond acceptors (Lipinski definition) is 1. The molecule has 0 amide bonds. The highest BCUT2D eigenvalue weighted by Crippen LogP contribution is 2.46. The highest BCUT2D eigenvalue weighted by atomic mass is 32.1. The van der Waals surface area contributed by atoms with Crippen LogP contribution >= 0.6 is 11.3 Å². The fourth-order valence-corrected chi connectivity index (χ4v) is 9.26. The molecule has 0 unspecified atom stereocenters. The Hall–Kier alpha value is -4.46. The van der Waals surface area contributed by atoms with Crippen molar-refractivity contribution < 1.29 is 0 Å². The van der Waals surface area contributed by atoms with E-state index < -0.39 is 0 Å². The molecular weight excluding hydrogens is 549 g/mol. The summed E-state index contributed by atoms with van der Waals surface area (Å²) < 4.78 is 1.40. The highest BCUT2D eigenvalue weighted by Gasteiger charge is 2.24. The van der Waals surface area contributed by atoms with E-state index in [1.807, 2.05) is 11.3 Å². The molecule has 0 radical (unpaired) electrons. The summed E-state index contributed by atoms with van der Waals surface area (Å²) in [4.78, 5) is 1.46. The van der Waals surface area contributed by atoms with E-state index in [0.717, 1.165) is 19.3 Å². The summed E-state index contributed by atoms with van der Waals surface area (Å²) >= 11 is 1.96. The maximum Gasteiger partial charge on any atom is 0.0352 e. The van der Waals surface area contributed by atoms with Gasteiger partial charge in [0.25, 0.3) is 0 Å². The lowest BCUT2D eigenvalue weighted by Gasteiger charge is -2.25. The van der Waals surface area contributed by atoms with Gasteiger partial charge in [-0.3, -0.25) is 0 Å². The van der Waals surface area contributed by atoms with E-state index in [1.54, 1.807) is 11.1 Å². The molecule has 1 heterocycles. The van der Waals surface area contributed by atoms with Crippen molar-refractivity contribution >= 4 is 44.3 Å². The highest BCUT2D eigenvalue weighted by molar-refractivity contribution is 7.20. The SMILES string of the molecule is C1=Cc2c(c(-c3ccc4c(c3)CC4)c3ccccc3c2-c2ccc(-c3ccc4sc5c(c4c3)CC=C3CCC3=C5)cc2)CC1. The van der Waals surface area contributed by atoms with Crippen molar-refractivity contribution in [2.24, 2.45) is 0 Å². The second-order valence-electron chi connectivity index (χ2n) is 12.9. The summed E-state index contributed by atoms with van der Waals surface area (Å²) in [5, 5.41) is 4.16. The van der Waals surface area contributed by atoms with E-state index in [1.165, 1.54) is 113 Å². The number of allylic oxidation sites excluding steroid dienone is 4. The number of aryl methyl sites for hydroxylation is 2. The molecule has 6 aromatic rings. The van der Waals surface area contributed by atoms with Gasteiger partial charge in [-0.1, -0.05) is 91.0 Å². The molecule has 0 atom stereocenters. The third kappa shape index (κ3) is 3.69. The number of thiophene rings is 1. The fourth-order valence-electron chi connectivity index (χ4n) is 8.07. The minimum Gasteiger partial charge on any atom is -0.136 e. The molecule has 0 saturated heterocycles. The predicted octanol–water partition coefficient (Wildman–Crippen LogP) is 11.8. The minimum absolute atomic E-state index is 1.06. The van der Waals surface area contributed by atoms with Gasteiger partial charge >= 0.3 is 0 Å². The molecular formula is C43H32S. The first-order chi connectivity index (χ1) is 21.8. The van der Waals surface area contributed by atoms with Crippen molar-refractivity contribution in [3.63, 3.8) is 0 Å². The smallest absolute Gasteiger partial charge is 0.0352 e. The fraction of sp³-hybridized carbons (Fsp3) is 0.163. The van der Waals surface area contributed by atoms with Gasteiger partial charge in [-0.2, -0.15) is 0 Å². The van der Waals surface area contributed by atoms with Crippen LogP contribution in [0.15, 0.2) is 108 Å². The van der Waals surface area contributed by atoms with Gasteiger partial charge in [0, 0.05) is 9.58 Å². The standard InChI is InChI=1S/C43H32S/c1-3-7-37-35(5-1)42(36-6-2-4-8-38(36)43(37)33-18-13-26-11-16-30(26)23-33)29-14-9-27(10-15-29)31-20-22-40-39(24-31)34-21-19-28-12-17-32(28)25-41(34)44-40/h1-3,5-7,9-10,13-15,18-20,22-25H,4,8,11-12,16-17,21H2. The molecule has 0 spiro atoms. The van der Waals surface area contributed by atoms with Gasteiger partial charge in [0.2, 0.25) is 0 Å². The van der Waals surface area contributed by atoms with E-state index >= 15 is 0 Å². The van der Waals surface area contributed by atoms with Crippen molar-refractivity contribution in [2.45, 2.75) is 44.9 Å². The van der Waals surface area contributed by atoms with Gasteiger partial charge in [-0.05, 0) is 152 Å². The molecule has 0 N–H and O–H groups in total. The van der Waals surface area contributed by atoms with Crippen molar-refractivity contribution in [2.75, 3.05) is 0 Å². The molecule has 0 bridgehead atoms. The first-order valence-corrected chi connectivity index (χ1v) is 17.0. The average Bonchev–Trinajstić information content (AvgIpc) is 3.33. The second kappa shape index (κ2) is 9.52. The molecule has 4 aliphatic rings. The van der Waals surface area contributed by atoms with Gasteiger partial charge in [0.05, 0.1) is 0 Å². The van der Waals surface area contributed by atoms with Crippen LogP contribution in [0.1, 0.15) is 52.0 Å². The van der Waals surface area contributed by atoms with Gasteiger partial charge in [-0.15, -0.1) is 11.3 Å². The molecule has 44 heavy (non-hydrogen) atoms. The Morgan fingerprint density at radius 3 is 2.11 bits per heavy atom. The Morgan fingerprint density at radius 1 is 0.545 bits per heavy atom. The minimum atomic E-state index is 1.06. The summed E-state index contributed by atoms with van der Waals surface area (Å²) in [7, 11) is 0. The topological polar surface area (TPSA) is 0 Å². The number of fused-ring (bicyclic) bond motifs is 7. The first kappa shape index (κ1) is 24.9. The van der Waals surface area contributed by atoms with Gasteiger partial charge in [0.15, 0.2) is 0 Å². The van der Waals surface area contributed by atoms with Gasteiger partial charge in [0.1, 0.15) is 0 Å². The quantitative estimate of drug-likeness (QED) is 0.195. The summed E-state index contributed by atoms with van der Waals surface area (Å²) in [6, 6.07) is 32.8. The molecule has 0 nitrogen and oxygen atoms in total. The lowest BCUT2D eigenvalue weighted by molar-refractivity contribution is 0.828. The molecule has 10 rings (SSSR count). The van der Waals surface area contributed by atoms with Crippen LogP contribution in [0, 0.1) is 0 Å². The second-order valence-corrected chi connectivity index (χ2v) is 14.0. The lowest BCUT2D eigenvalue weighted by Crippen LogP contribution is -2.08. The normalized spacial score (nSPS) is 16.2. The Kier molecular flexibility index (Phi) is 5.39. The lowest BCUT2D eigenvalue weighted by atomic mass is 9.78. The molecule has 4 aliphatic carbocycles. The summed E-state index contributed by atoms with van der Waals surface area (Å²) in [6.07, 6.45) is 17.9. The molecule has 210 valence electrons. The van der Waals surface area contributed by atoms with Crippen molar-refractivity contribution in [3.8, 4) is 33.4 Å². The largest absolute Gasteiger partial charge is 0.136 e. The summed E-state index contributed by atoms with van der Waals surface area (Å²) in [6.45, 7) is 0. The Morgan fingerprint density at radius 2 is 1.32 bits per heavy atom. The van der Waals surface area contributed by atoms with Crippen LogP contribution in [0.4, 0.5) is 0 Å². The maximum absolute atomic E-state index is 2.47. The molecule has 1 aromatic heterocycles. The van der Waals surface area contributed by atoms with Gasteiger partial charge in [-0.25, -0.2) is 0 Å². The van der Waals surface area contributed by atoms with Crippen molar-refractivity contribution in [3.05, 3.63) is 141 Å². The van der Waals surface area contributed by atoms with E-state index in [-0.39, 0.29) is 0 Å². The Bertz CT molecular complexity index is 2280. The molecule has 1 saturated carbocycles. The molecule has 5 aromatic carbocycles. The number of rotatable bonds is 3. The van der Waals surface area contributed by atoms with E-state index in [4.69, 9.17) is 0 Å². The zero-order chi connectivity index (χ0) is 28.8. The molecule has 1 heteroatoms.